The van der Waals surface area contributed by atoms with Crippen molar-refractivity contribution in [2.24, 2.45) is 0 Å². The molecule has 3 aromatic rings. The number of amides is 2. The Morgan fingerprint density at radius 2 is 1.89 bits per heavy atom. The van der Waals surface area contributed by atoms with Crippen LogP contribution in [0.4, 0.5) is 5.69 Å². The molecule has 0 aliphatic carbocycles. The Balaban J connectivity index is 1.62. The van der Waals surface area contributed by atoms with Crippen LogP contribution in [0.5, 0.6) is 5.75 Å². The van der Waals surface area contributed by atoms with E-state index in [2.05, 4.69) is 27.4 Å². The molecule has 2 N–H and O–H groups in total. The van der Waals surface area contributed by atoms with Crippen LogP contribution >= 0.6 is 11.8 Å². The largest absolute Gasteiger partial charge is 0.497 e. The quantitative estimate of drug-likeness (QED) is 0.306. The average molecular weight is 494 g/mol. The fourth-order valence-corrected chi connectivity index (χ4v) is 4.26. The molecule has 1 heterocycles. The van der Waals surface area contributed by atoms with E-state index >= 15 is 0 Å². The minimum atomic E-state index is -0.369. The summed E-state index contributed by atoms with van der Waals surface area (Å²) in [5.74, 6) is 1.27. The summed E-state index contributed by atoms with van der Waals surface area (Å²) in [5, 5.41) is 15.1. The molecule has 1 atom stereocenters. The Labute approximate surface area is 210 Å². The van der Waals surface area contributed by atoms with Gasteiger partial charge in [0.1, 0.15) is 5.75 Å². The van der Waals surface area contributed by atoms with Crippen molar-refractivity contribution in [1.29, 1.82) is 0 Å². The second kappa shape index (κ2) is 12.2. The van der Waals surface area contributed by atoms with E-state index in [0.717, 1.165) is 28.1 Å². The smallest absolute Gasteiger partial charge is 0.234 e. The second-order valence-electron chi connectivity index (χ2n) is 8.21. The molecule has 0 aliphatic heterocycles. The molecule has 0 saturated heterocycles. The van der Waals surface area contributed by atoms with Crippen LogP contribution in [0.15, 0.2) is 60.3 Å². The van der Waals surface area contributed by atoms with Crippen molar-refractivity contribution < 1.29 is 14.3 Å². The number of nitrogens with one attached hydrogen (secondary N) is 2. The van der Waals surface area contributed by atoms with Crippen molar-refractivity contribution >= 4 is 29.3 Å². The normalized spacial score (nSPS) is 11.5. The van der Waals surface area contributed by atoms with E-state index in [1.807, 2.05) is 67.8 Å². The standard InChI is InChI=1S/C26H31N5O3S/c1-6-13-31-25(19(4)27-23(32)15-20-9-11-21(34-5)12-10-20)29-30-26(31)35-16-24(33)28-22-14-17(2)7-8-18(22)3/h6-12,14,19H,1,13,15-16H2,2-5H3,(H,27,32)(H,28,33)/t19-/m0/s1. The van der Waals surface area contributed by atoms with Gasteiger partial charge in [0.25, 0.3) is 0 Å². The van der Waals surface area contributed by atoms with Gasteiger partial charge < -0.3 is 19.9 Å². The number of benzene rings is 2. The minimum absolute atomic E-state index is 0.126. The molecule has 0 spiro atoms. The molecule has 1 aromatic heterocycles. The lowest BCUT2D eigenvalue weighted by molar-refractivity contribution is -0.121. The van der Waals surface area contributed by atoms with Crippen LogP contribution in [0.1, 0.15) is 35.5 Å². The van der Waals surface area contributed by atoms with Gasteiger partial charge in [-0.2, -0.15) is 0 Å². The third-order valence-electron chi connectivity index (χ3n) is 5.35. The Bertz CT molecular complexity index is 1190. The number of rotatable bonds is 11. The lowest BCUT2D eigenvalue weighted by Gasteiger charge is -2.15. The first kappa shape index (κ1) is 26.0. The van der Waals surface area contributed by atoms with E-state index in [1.54, 1.807) is 13.2 Å². The van der Waals surface area contributed by atoms with Crippen molar-refractivity contribution in [1.82, 2.24) is 20.1 Å². The SMILES string of the molecule is C=CCn1c(SCC(=O)Nc2cc(C)ccc2C)nnc1[C@H](C)NC(=O)Cc1ccc(OC)cc1. The third kappa shape index (κ3) is 7.19. The van der Waals surface area contributed by atoms with Gasteiger partial charge in [-0.25, -0.2) is 0 Å². The highest BCUT2D eigenvalue weighted by Gasteiger charge is 2.20. The minimum Gasteiger partial charge on any atom is -0.497 e. The molecule has 8 nitrogen and oxygen atoms in total. The molecule has 0 bridgehead atoms. The van der Waals surface area contributed by atoms with Gasteiger partial charge in [0.05, 0.1) is 25.3 Å². The molecule has 0 unspecified atom stereocenters. The van der Waals surface area contributed by atoms with Crippen LogP contribution < -0.4 is 15.4 Å². The zero-order chi connectivity index (χ0) is 25.4. The van der Waals surface area contributed by atoms with Crippen LogP contribution in [-0.2, 0) is 22.6 Å². The Morgan fingerprint density at radius 1 is 1.14 bits per heavy atom. The molecule has 184 valence electrons. The second-order valence-corrected chi connectivity index (χ2v) is 9.15. The summed E-state index contributed by atoms with van der Waals surface area (Å²) < 4.78 is 7.02. The summed E-state index contributed by atoms with van der Waals surface area (Å²) in [5.41, 5.74) is 3.77. The van der Waals surface area contributed by atoms with Crippen molar-refractivity contribution in [2.75, 3.05) is 18.2 Å². The lowest BCUT2D eigenvalue weighted by Crippen LogP contribution is -2.30. The van der Waals surface area contributed by atoms with Gasteiger partial charge in [-0.1, -0.05) is 42.1 Å². The predicted octanol–water partition coefficient (Wildman–Crippen LogP) is 4.24. The van der Waals surface area contributed by atoms with E-state index in [1.165, 1.54) is 11.8 Å². The number of hydrogen-bond donors (Lipinski definition) is 2. The summed E-state index contributed by atoms with van der Waals surface area (Å²) in [6.07, 6.45) is 1.98. The van der Waals surface area contributed by atoms with Crippen LogP contribution in [0.3, 0.4) is 0 Å². The molecule has 9 heteroatoms. The number of methoxy groups -OCH3 is 1. The third-order valence-corrected chi connectivity index (χ3v) is 6.31. The number of carbonyl (C=O) groups is 2. The molecular formula is C26H31N5O3S. The number of aromatic nitrogens is 3. The maximum atomic E-state index is 12.6. The van der Waals surface area contributed by atoms with E-state index in [0.29, 0.717) is 17.5 Å². The van der Waals surface area contributed by atoms with Gasteiger partial charge in [-0.3, -0.25) is 9.59 Å². The average Bonchev–Trinajstić information content (AvgIpc) is 3.23. The van der Waals surface area contributed by atoms with Gasteiger partial charge >= 0.3 is 0 Å². The zero-order valence-corrected chi connectivity index (χ0v) is 21.3. The highest BCUT2D eigenvalue weighted by molar-refractivity contribution is 7.99. The van der Waals surface area contributed by atoms with Crippen molar-refractivity contribution in [2.45, 2.75) is 44.9 Å². The highest BCUT2D eigenvalue weighted by atomic mass is 32.2. The van der Waals surface area contributed by atoms with Gasteiger partial charge in [0.15, 0.2) is 11.0 Å². The molecule has 0 fully saturated rings. The summed E-state index contributed by atoms with van der Waals surface area (Å²) in [6.45, 7) is 10.1. The van der Waals surface area contributed by atoms with E-state index in [4.69, 9.17) is 4.74 Å². The maximum absolute atomic E-state index is 12.6. The molecule has 0 radical (unpaired) electrons. The topological polar surface area (TPSA) is 98.1 Å². The number of aryl methyl sites for hydroxylation is 2. The van der Waals surface area contributed by atoms with E-state index < -0.39 is 0 Å². The molecular weight excluding hydrogens is 462 g/mol. The first-order valence-electron chi connectivity index (χ1n) is 11.3. The summed E-state index contributed by atoms with van der Waals surface area (Å²) in [4.78, 5) is 25.1. The number of ether oxygens (including phenoxy) is 1. The van der Waals surface area contributed by atoms with Gasteiger partial charge in [0.2, 0.25) is 11.8 Å². The first-order chi connectivity index (χ1) is 16.8. The first-order valence-corrected chi connectivity index (χ1v) is 12.3. The predicted molar refractivity (Wildman–Crippen MR) is 139 cm³/mol. The molecule has 2 amide bonds. The van der Waals surface area contributed by atoms with Crippen molar-refractivity contribution in [3.8, 4) is 5.75 Å². The Kier molecular flexibility index (Phi) is 9.08. The zero-order valence-electron chi connectivity index (χ0n) is 20.5. The molecule has 0 aliphatic rings. The Morgan fingerprint density at radius 3 is 2.57 bits per heavy atom. The maximum Gasteiger partial charge on any atom is 0.234 e. The fraction of sp³-hybridized carbons (Fsp3) is 0.308. The summed E-state index contributed by atoms with van der Waals surface area (Å²) in [6, 6.07) is 13.0. The summed E-state index contributed by atoms with van der Waals surface area (Å²) >= 11 is 1.29. The number of carbonyl (C=O) groups excluding carboxylic acids is 2. The van der Waals surface area contributed by atoms with Gasteiger partial charge in [-0.05, 0) is 55.7 Å². The molecule has 3 rings (SSSR count). The number of anilines is 1. The number of allylic oxidation sites excluding steroid dienone is 1. The van der Waals surface area contributed by atoms with E-state index in [9.17, 15) is 9.59 Å². The van der Waals surface area contributed by atoms with Crippen molar-refractivity contribution in [3.05, 3.63) is 77.6 Å². The van der Waals surface area contributed by atoms with Crippen LogP contribution in [-0.4, -0.2) is 39.4 Å². The highest BCUT2D eigenvalue weighted by Crippen LogP contribution is 2.22. The van der Waals surface area contributed by atoms with Gasteiger partial charge in [-0.15, -0.1) is 16.8 Å². The van der Waals surface area contributed by atoms with Crippen LogP contribution in [0.25, 0.3) is 0 Å². The van der Waals surface area contributed by atoms with Crippen molar-refractivity contribution in [3.63, 3.8) is 0 Å². The molecule has 35 heavy (non-hydrogen) atoms. The monoisotopic (exact) mass is 493 g/mol. The molecule has 2 aromatic carbocycles. The van der Waals surface area contributed by atoms with Crippen LogP contribution in [0, 0.1) is 13.8 Å². The lowest BCUT2D eigenvalue weighted by atomic mass is 10.1. The number of hydrogen-bond acceptors (Lipinski definition) is 6. The number of nitrogens with zero attached hydrogens (tertiary/aromatic N) is 3. The van der Waals surface area contributed by atoms with Gasteiger partial charge in [0, 0.05) is 12.2 Å². The fourth-order valence-electron chi connectivity index (χ4n) is 3.50. The van der Waals surface area contributed by atoms with E-state index in [-0.39, 0.29) is 30.0 Å². The number of thioether (sulfide) groups is 1. The van der Waals surface area contributed by atoms with Crippen LogP contribution in [0.2, 0.25) is 0 Å². The molecule has 0 saturated carbocycles. The Hall–Kier alpha value is -3.59. The summed E-state index contributed by atoms with van der Waals surface area (Å²) in [7, 11) is 1.60.